The molecule has 3 rings (SSSR count). The van der Waals surface area contributed by atoms with Gasteiger partial charge in [0.1, 0.15) is 12.6 Å². The standard InChI is InChI=1S/C16H22N2O2/c1-16(2,3)11-6-10-4-5-19-8-13(10)12(7-11)14-9-20-15(17)18-14/h6-7,14H,4-5,8-9H2,1-3H3,(H2,17,18). The first-order valence-electron chi connectivity index (χ1n) is 7.15. The molecule has 4 nitrogen and oxygen atoms in total. The molecule has 0 saturated heterocycles. The summed E-state index contributed by atoms with van der Waals surface area (Å²) < 4.78 is 11.0. The van der Waals surface area contributed by atoms with Gasteiger partial charge in [-0.25, -0.2) is 4.99 Å². The molecule has 1 atom stereocenters. The summed E-state index contributed by atoms with van der Waals surface area (Å²) >= 11 is 0. The normalized spacial score (nSPS) is 22.1. The van der Waals surface area contributed by atoms with Crippen LogP contribution in [0.1, 0.15) is 49.1 Å². The van der Waals surface area contributed by atoms with Crippen molar-refractivity contribution < 1.29 is 9.47 Å². The molecule has 0 bridgehead atoms. The van der Waals surface area contributed by atoms with Crippen molar-refractivity contribution in [3.63, 3.8) is 0 Å². The maximum absolute atomic E-state index is 5.66. The minimum atomic E-state index is 0.00718. The van der Waals surface area contributed by atoms with Crippen LogP contribution in [-0.2, 0) is 27.9 Å². The fourth-order valence-corrected chi connectivity index (χ4v) is 2.79. The number of fused-ring (bicyclic) bond motifs is 1. The summed E-state index contributed by atoms with van der Waals surface area (Å²) in [5, 5.41) is 0. The van der Waals surface area contributed by atoms with Gasteiger partial charge in [0.25, 0.3) is 6.02 Å². The van der Waals surface area contributed by atoms with Crippen LogP contribution in [0.5, 0.6) is 0 Å². The minimum absolute atomic E-state index is 0.00718. The Bertz CT molecular complexity index is 558. The molecule has 0 saturated carbocycles. The Morgan fingerprint density at radius 3 is 2.75 bits per heavy atom. The van der Waals surface area contributed by atoms with Crippen molar-refractivity contribution in [1.82, 2.24) is 0 Å². The molecular weight excluding hydrogens is 252 g/mol. The van der Waals surface area contributed by atoms with E-state index in [4.69, 9.17) is 15.2 Å². The molecule has 108 valence electrons. The van der Waals surface area contributed by atoms with Crippen molar-refractivity contribution in [1.29, 1.82) is 0 Å². The molecule has 2 N–H and O–H groups in total. The maximum Gasteiger partial charge on any atom is 0.282 e. The van der Waals surface area contributed by atoms with E-state index < -0.39 is 0 Å². The van der Waals surface area contributed by atoms with Gasteiger partial charge >= 0.3 is 0 Å². The summed E-state index contributed by atoms with van der Waals surface area (Å²) in [5.74, 6) is 0. The predicted molar refractivity (Wildman–Crippen MR) is 78.8 cm³/mol. The quantitative estimate of drug-likeness (QED) is 0.855. The highest BCUT2D eigenvalue weighted by Gasteiger charge is 2.27. The summed E-state index contributed by atoms with van der Waals surface area (Å²) in [6.07, 6.45) is 0.971. The lowest BCUT2D eigenvalue weighted by Crippen LogP contribution is -2.19. The van der Waals surface area contributed by atoms with Crippen molar-refractivity contribution in [2.75, 3.05) is 13.2 Å². The zero-order valence-corrected chi connectivity index (χ0v) is 12.4. The topological polar surface area (TPSA) is 56.8 Å². The highest BCUT2D eigenvalue weighted by molar-refractivity contribution is 5.73. The third-order valence-electron chi connectivity index (χ3n) is 4.04. The molecule has 0 aliphatic carbocycles. The van der Waals surface area contributed by atoms with E-state index in [1.165, 1.54) is 22.3 Å². The van der Waals surface area contributed by atoms with Gasteiger partial charge < -0.3 is 15.2 Å². The summed E-state index contributed by atoms with van der Waals surface area (Å²) in [5.41, 5.74) is 11.0. The van der Waals surface area contributed by atoms with Crippen LogP contribution in [0.3, 0.4) is 0 Å². The molecule has 0 spiro atoms. The number of benzene rings is 1. The second kappa shape index (κ2) is 4.77. The summed E-state index contributed by atoms with van der Waals surface area (Å²) in [6, 6.07) is 4.88. The fourth-order valence-electron chi connectivity index (χ4n) is 2.79. The van der Waals surface area contributed by atoms with Crippen LogP contribution >= 0.6 is 0 Å². The average molecular weight is 274 g/mol. The number of amidine groups is 1. The van der Waals surface area contributed by atoms with Crippen LogP contribution in [0, 0.1) is 0 Å². The zero-order valence-electron chi connectivity index (χ0n) is 12.4. The molecule has 4 heteroatoms. The molecule has 1 aromatic rings. The summed E-state index contributed by atoms with van der Waals surface area (Å²) in [4.78, 5) is 4.41. The highest BCUT2D eigenvalue weighted by Crippen LogP contribution is 2.35. The van der Waals surface area contributed by atoms with Crippen molar-refractivity contribution in [2.24, 2.45) is 10.7 Å². The van der Waals surface area contributed by atoms with E-state index in [1.807, 2.05) is 0 Å². The first-order chi connectivity index (χ1) is 9.45. The summed E-state index contributed by atoms with van der Waals surface area (Å²) in [6.45, 7) is 8.71. The Balaban J connectivity index is 2.11. The molecule has 1 aromatic carbocycles. The van der Waals surface area contributed by atoms with Crippen molar-refractivity contribution in [2.45, 2.75) is 45.3 Å². The fraction of sp³-hybridized carbons (Fsp3) is 0.562. The Morgan fingerprint density at radius 1 is 1.30 bits per heavy atom. The van der Waals surface area contributed by atoms with Crippen molar-refractivity contribution in [3.8, 4) is 0 Å². The lowest BCUT2D eigenvalue weighted by Gasteiger charge is -2.27. The second-order valence-electron chi connectivity index (χ2n) is 6.55. The van der Waals surface area contributed by atoms with Crippen LogP contribution in [0.25, 0.3) is 0 Å². The van der Waals surface area contributed by atoms with Crippen LogP contribution in [0.2, 0.25) is 0 Å². The molecule has 1 unspecified atom stereocenters. The molecule has 2 aliphatic rings. The Hall–Kier alpha value is -1.55. The number of nitrogens with two attached hydrogens (primary N) is 1. The Morgan fingerprint density at radius 2 is 2.10 bits per heavy atom. The average Bonchev–Trinajstić information content (AvgIpc) is 2.83. The van der Waals surface area contributed by atoms with Crippen LogP contribution in [-0.4, -0.2) is 19.2 Å². The van der Waals surface area contributed by atoms with E-state index in [9.17, 15) is 0 Å². The smallest absolute Gasteiger partial charge is 0.282 e. The van der Waals surface area contributed by atoms with Crippen molar-refractivity contribution >= 4 is 6.02 Å². The third-order valence-corrected chi connectivity index (χ3v) is 4.04. The number of nitrogens with zero attached hydrogens (tertiary/aromatic N) is 1. The van der Waals surface area contributed by atoms with Crippen LogP contribution in [0.4, 0.5) is 0 Å². The predicted octanol–water partition coefficient (Wildman–Crippen LogP) is 2.44. The summed E-state index contributed by atoms with van der Waals surface area (Å²) in [7, 11) is 0. The largest absolute Gasteiger partial charge is 0.463 e. The van der Waals surface area contributed by atoms with Gasteiger partial charge in [-0.05, 0) is 34.1 Å². The lowest BCUT2D eigenvalue weighted by molar-refractivity contribution is 0.109. The van der Waals surface area contributed by atoms with Crippen molar-refractivity contribution in [3.05, 3.63) is 34.4 Å². The number of ether oxygens (including phenoxy) is 2. The molecule has 0 amide bonds. The molecule has 0 radical (unpaired) electrons. The van der Waals surface area contributed by atoms with Gasteiger partial charge in [0.05, 0.1) is 13.2 Å². The van der Waals surface area contributed by atoms with E-state index in [1.54, 1.807) is 0 Å². The molecular formula is C16H22N2O2. The van der Waals surface area contributed by atoms with Gasteiger partial charge in [-0.3, -0.25) is 0 Å². The van der Waals surface area contributed by atoms with Crippen LogP contribution in [0.15, 0.2) is 17.1 Å². The van der Waals surface area contributed by atoms with Gasteiger partial charge in [-0.2, -0.15) is 0 Å². The lowest BCUT2D eigenvalue weighted by atomic mass is 9.81. The third kappa shape index (κ3) is 2.40. The van der Waals surface area contributed by atoms with E-state index >= 15 is 0 Å². The molecule has 2 aliphatic heterocycles. The maximum atomic E-state index is 5.66. The number of hydrogen-bond acceptors (Lipinski definition) is 4. The van der Waals surface area contributed by atoms with Gasteiger partial charge in [-0.1, -0.05) is 32.9 Å². The Labute approximate surface area is 120 Å². The number of aliphatic imine (C=N–C) groups is 1. The molecule has 0 aromatic heterocycles. The number of rotatable bonds is 1. The van der Waals surface area contributed by atoms with E-state index in [0.29, 0.717) is 19.2 Å². The second-order valence-corrected chi connectivity index (χ2v) is 6.55. The van der Waals surface area contributed by atoms with Gasteiger partial charge in [-0.15, -0.1) is 0 Å². The zero-order chi connectivity index (χ0) is 14.3. The first kappa shape index (κ1) is 13.4. The van der Waals surface area contributed by atoms with E-state index in [2.05, 4.69) is 37.9 Å². The number of hydrogen-bond donors (Lipinski definition) is 1. The molecule has 0 fully saturated rings. The monoisotopic (exact) mass is 274 g/mol. The Kier molecular flexibility index (Phi) is 3.21. The van der Waals surface area contributed by atoms with Gasteiger partial charge in [0.2, 0.25) is 0 Å². The highest BCUT2D eigenvalue weighted by atomic mass is 16.5. The minimum Gasteiger partial charge on any atom is -0.463 e. The van der Waals surface area contributed by atoms with E-state index in [-0.39, 0.29) is 11.5 Å². The van der Waals surface area contributed by atoms with Gasteiger partial charge in [0.15, 0.2) is 0 Å². The van der Waals surface area contributed by atoms with Gasteiger partial charge in [0, 0.05) is 0 Å². The first-order valence-corrected chi connectivity index (χ1v) is 7.15. The molecule has 2 heterocycles. The van der Waals surface area contributed by atoms with Crippen LogP contribution < -0.4 is 5.73 Å². The SMILES string of the molecule is CC(C)(C)c1cc2c(c(C3COC(N)=N3)c1)COCC2. The van der Waals surface area contributed by atoms with E-state index in [0.717, 1.165) is 13.0 Å². The molecule has 20 heavy (non-hydrogen) atoms.